The number of aryl methyl sites for hydroxylation is 2. The Labute approximate surface area is 172 Å². The molecule has 0 saturated carbocycles. The molecule has 152 valence electrons. The lowest BCUT2D eigenvalue weighted by molar-refractivity contribution is -0.187. The summed E-state index contributed by atoms with van der Waals surface area (Å²) in [5.74, 6) is -0.660. The first-order valence-electron chi connectivity index (χ1n) is 10.2. The molecule has 0 aliphatic carbocycles. The summed E-state index contributed by atoms with van der Waals surface area (Å²) in [4.78, 5) is 4.15. The molecule has 2 unspecified atom stereocenters. The van der Waals surface area contributed by atoms with Crippen LogP contribution in [-0.2, 0) is 33.8 Å². The lowest BCUT2D eigenvalue weighted by atomic mass is 10.0. The highest BCUT2D eigenvalue weighted by molar-refractivity contribution is 5.21. The Morgan fingerprint density at radius 1 is 1.10 bits per heavy atom. The van der Waals surface area contributed by atoms with Gasteiger partial charge in [0.05, 0.1) is 32.7 Å². The third-order valence-electron chi connectivity index (χ3n) is 5.23. The first-order valence-corrected chi connectivity index (χ1v) is 10.2. The van der Waals surface area contributed by atoms with Crippen LogP contribution in [0, 0.1) is 6.92 Å². The fourth-order valence-electron chi connectivity index (χ4n) is 3.62. The zero-order valence-electron chi connectivity index (χ0n) is 16.9. The number of hydrogen-bond acceptors (Lipinski definition) is 4. The second-order valence-corrected chi connectivity index (χ2v) is 7.68. The van der Waals surface area contributed by atoms with Crippen LogP contribution in [0.5, 0.6) is 0 Å². The molecule has 1 aliphatic heterocycles. The van der Waals surface area contributed by atoms with Crippen molar-refractivity contribution in [2.24, 2.45) is 0 Å². The van der Waals surface area contributed by atoms with E-state index in [2.05, 4.69) is 48.3 Å². The Bertz CT molecular complexity index is 865. The molecule has 1 saturated heterocycles. The first kappa shape index (κ1) is 19.8. The minimum absolute atomic E-state index is 0.0692. The van der Waals surface area contributed by atoms with Gasteiger partial charge < -0.3 is 18.8 Å². The lowest BCUT2D eigenvalue weighted by Crippen LogP contribution is -2.37. The van der Waals surface area contributed by atoms with Gasteiger partial charge >= 0.3 is 0 Å². The predicted octanol–water partition coefficient (Wildman–Crippen LogP) is 4.15. The summed E-state index contributed by atoms with van der Waals surface area (Å²) in [6.45, 7) is 4.36. The third-order valence-corrected chi connectivity index (χ3v) is 5.23. The van der Waals surface area contributed by atoms with Crippen LogP contribution in [0.3, 0.4) is 0 Å². The Morgan fingerprint density at radius 3 is 2.69 bits per heavy atom. The molecule has 1 fully saturated rings. The van der Waals surface area contributed by atoms with E-state index in [-0.39, 0.29) is 6.10 Å². The zero-order chi connectivity index (χ0) is 19.9. The van der Waals surface area contributed by atoms with Gasteiger partial charge in [0.1, 0.15) is 6.10 Å². The smallest absolute Gasteiger partial charge is 0.187 e. The van der Waals surface area contributed by atoms with E-state index in [1.54, 1.807) is 12.5 Å². The van der Waals surface area contributed by atoms with Gasteiger partial charge in [-0.3, -0.25) is 0 Å². The Morgan fingerprint density at radius 2 is 1.93 bits per heavy atom. The monoisotopic (exact) mass is 392 g/mol. The van der Waals surface area contributed by atoms with E-state index in [4.69, 9.17) is 14.2 Å². The highest BCUT2D eigenvalue weighted by Crippen LogP contribution is 2.31. The van der Waals surface area contributed by atoms with Gasteiger partial charge in [0, 0.05) is 18.8 Å². The van der Waals surface area contributed by atoms with Crippen LogP contribution in [0.2, 0.25) is 0 Å². The van der Waals surface area contributed by atoms with Crippen LogP contribution in [0.1, 0.15) is 23.1 Å². The van der Waals surface area contributed by atoms with E-state index in [0.29, 0.717) is 26.4 Å². The number of rotatable bonds is 9. The van der Waals surface area contributed by atoms with Crippen LogP contribution in [0.4, 0.5) is 0 Å². The minimum atomic E-state index is -0.660. The first-order chi connectivity index (χ1) is 14.2. The summed E-state index contributed by atoms with van der Waals surface area (Å²) >= 11 is 0. The van der Waals surface area contributed by atoms with Crippen molar-refractivity contribution in [3.05, 3.63) is 90.0 Å². The fourth-order valence-corrected chi connectivity index (χ4v) is 3.62. The Hall–Kier alpha value is -2.47. The van der Waals surface area contributed by atoms with E-state index in [0.717, 1.165) is 18.4 Å². The van der Waals surface area contributed by atoms with Gasteiger partial charge in [0.25, 0.3) is 0 Å². The van der Waals surface area contributed by atoms with Gasteiger partial charge in [-0.25, -0.2) is 4.98 Å². The number of ether oxygens (including phenoxy) is 3. The van der Waals surface area contributed by atoms with Gasteiger partial charge in [-0.15, -0.1) is 0 Å². The van der Waals surface area contributed by atoms with Crippen LogP contribution >= 0.6 is 0 Å². The molecule has 0 radical (unpaired) electrons. The normalized spacial score (nSPS) is 21.5. The third kappa shape index (κ3) is 5.54. The zero-order valence-corrected chi connectivity index (χ0v) is 16.9. The molecular weight excluding hydrogens is 364 g/mol. The fraction of sp³-hybridized carbons (Fsp3) is 0.375. The quantitative estimate of drug-likeness (QED) is 0.549. The van der Waals surface area contributed by atoms with Gasteiger partial charge in [-0.05, 0) is 24.5 Å². The molecule has 5 nitrogen and oxygen atoms in total. The summed E-state index contributed by atoms with van der Waals surface area (Å²) in [6.07, 6.45) is 7.14. The molecule has 1 aliphatic rings. The summed E-state index contributed by atoms with van der Waals surface area (Å²) in [5.41, 5.74) is 3.72. The standard InChI is InChI=1S/C24H28N2O3/c1-20-7-9-21(10-8-20)11-12-24(18-26-14-13-25-19-26)28-17-23(29-24)16-27-15-22-5-3-2-4-6-22/h2-10,13-14,19,23H,11-12,15-18H2,1H3. The van der Waals surface area contributed by atoms with Crippen molar-refractivity contribution in [1.29, 1.82) is 0 Å². The molecule has 0 amide bonds. The molecule has 0 spiro atoms. The van der Waals surface area contributed by atoms with Crippen LogP contribution in [-0.4, -0.2) is 34.7 Å². The van der Waals surface area contributed by atoms with Crippen molar-refractivity contribution >= 4 is 0 Å². The van der Waals surface area contributed by atoms with E-state index < -0.39 is 5.79 Å². The molecule has 1 aromatic heterocycles. The Kier molecular flexibility index (Phi) is 6.39. The van der Waals surface area contributed by atoms with E-state index >= 15 is 0 Å². The minimum Gasteiger partial charge on any atom is -0.374 e. The lowest BCUT2D eigenvalue weighted by Gasteiger charge is -2.28. The highest BCUT2D eigenvalue weighted by atomic mass is 16.8. The van der Waals surface area contributed by atoms with E-state index in [9.17, 15) is 0 Å². The summed E-state index contributed by atoms with van der Waals surface area (Å²) < 4.78 is 20.5. The number of nitrogens with zero attached hydrogens (tertiary/aromatic N) is 2. The molecule has 2 heterocycles. The van der Waals surface area contributed by atoms with Crippen molar-refractivity contribution in [1.82, 2.24) is 9.55 Å². The second-order valence-electron chi connectivity index (χ2n) is 7.68. The molecule has 2 aromatic carbocycles. The van der Waals surface area contributed by atoms with Crippen molar-refractivity contribution < 1.29 is 14.2 Å². The van der Waals surface area contributed by atoms with Crippen LogP contribution in [0.25, 0.3) is 0 Å². The Balaban J connectivity index is 1.36. The number of aromatic nitrogens is 2. The predicted molar refractivity (Wildman–Crippen MR) is 111 cm³/mol. The maximum Gasteiger partial charge on any atom is 0.187 e. The second kappa shape index (κ2) is 9.35. The maximum absolute atomic E-state index is 6.41. The van der Waals surface area contributed by atoms with Gasteiger partial charge in [0.2, 0.25) is 0 Å². The molecule has 3 aromatic rings. The van der Waals surface area contributed by atoms with Crippen LogP contribution in [0.15, 0.2) is 73.3 Å². The van der Waals surface area contributed by atoms with Gasteiger partial charge in [-0.2, -0.15) is 0 Å². The maximum atomic E-state index is 6.41. The SMILES string of the molecule is Cc1ccc(CCC2(Cn3ccnc3)OCC(COCc3ccccc3)O2)cc1. The molecule has 0 bridgehead atoms. The largest absolute Gasteiger partial charge is 0.374 e. The molecule has 4 rings (SSSR count). The molecule has 29 heavy (non-hydrogen) atoms. The van der Waals surface area contributed by atoms with E-state index in [1.807, 2.05) is 29.0 Å². The molecular formula is C24H28N2O3. The van der Waals surface area contributed by atoms with Gasteiger partial charge in [0.15, 0.2) is 5.79 Å². The average molecular weight is 392 g/mol. The van der Waals surface area contributed by atoms with Crippen LogP contribution < -0.4 is 0 Å². The summed E-state index contributed by atoms with van der Waals surface area (Å²) in [6, 6.07) is 18.8. The van der Waals surface area contributed by atoms with Gasteiger partial charge in [-0.1, -0.05) is 60.2 Å². The summed E-state index contributed by atoms with van der Waals surface area (Å²) in [5, 5.41) is 0. The molecule has 0 N–H and O–H groups in total. The van der Waals surface area contributed by atoms with E-state index in [1.165, 1.54) is 11.1 Å². The van der Waals surface area contributed by atoms with Crippen molar-refractivity contribution in [2.75, 3.05) is 13.2 Å². The number of hydrogen-bond donors (Lipinski definition) is 0. The number of benzene rings is 2. The summed E-state index contributed by atoms with van der Waals surface area (Å²) in [7, 11) is 0. The number of imidazole rings is 1. The highest BCUT2D eigenvalue weighted by Gasteiger charge is 2.41. The molecule has 2 atom stereocenters. The van der Waals surface area contributed by atoms with Crippen molar-refractivity contribution in [2.45, 2.75) is 44.8 Å². The molecule has 5 heteroatoms. The van der Waals surface area contributed by atoms with Crippen molar-refractivity contribution in [3.63, 3.8) is 0 Å². The average Bonchev–Trinajstić information content (AvgIpc) is 3.39. The van der Waals surface area contributed by atoms with Crippen molar-refractivity contribution in [3.8, 4) is 0 Å². The topological polar surface area (TPSA) is 45.5 Å².